The van der Waals surface area contributed by atoms with E-state index in [1.54, 1.807) is 6.20 Å². The number of hydrogen-bond acceptors (Lipinski definition) is 6. The molecule has 24 heavy (non-hydrogen) atoms. The molecule has 4 N–H and O–H groups in total. The first-order valence-corrected chi connectivity index (χ1v) is 8.51. The van der Waals surface area contributed by atoms with Crippen molar-refractivity contribution in [2.45, 2.75) is 37.8 Å². The summed E-state index contributed by atoms with van der Waals surface area (Å²) in [6.07, 6.45) is 6.95. The molecule has 0 saturated heterocycles. The van der Waals surface area contributed by atoms with E-state index in [0.717, 1.165) is 42.1 Å². The van der Waals surface area contributed by atoms with E-state index in [9.17, 15) is 0 Å². The van der Waals surface area contributed by atoms with Crippen LogP contribution < -0.4 is 16.4 Å². The van der Waals surface area contributed by atoms with Crippen molar-refractivity contribution in [3.05, 3.63) is 35.6 Å². The summed E-state index contributed by atoms with van der Waals surface area (Å²) in [5, 5.41) is 2.42. The average Bonchev–Trinajstić information content (AvgIpc) is 2.55. The summed E-state index contributed by atoms with van der Waals surface area (Å²) in [5.74, 6) is 0.655. The Morgan fingerprint density at radius 2 is 1.88 bits per heavy atom. The van der Waals surface area contributed by atoms with Crippen molar-refractivity contribution >= 4 is 40.0 Å². The smallest absolute Gasteiger partial charge is 0.220 e. The van der Waals surface area contributed by atoms with Crippen LogP contribution in [0.3, 0.4) is 0 Å². The molecule has 4 rings (SSSR count). The maximum Gasteiger partial charge on any atom is 0.220 e. The predicted molar refractivity (Wildman–Crippen MR) is 98.3 cm³/mol. The molecule has 2 aromatic rings. The van der Waals surface area contributed by atoms with E-state index >= 15 is 0 Å². The van der Waals surface area contributed by atoms with Crippen LogP contribution in [0, 0.1) is 0 Å². The minimum absolute atomic E-state index is 0.263. The van der Waals surface area contributed by atoms with E-state index in [-0.39, 0.29) is 5.96 Å². The van der Waals surface area contributed by atoms with Gasteiger partial charge in [0.2, 0.25) is 11.9 Å². The van der Waals surface area contributed by atoms with Gasteiger partial charge in [0.15, 0.2) is 0 Å². The fourth-order valence-corrected chi connectivity index (χ4v) is 3.99. The number of fused-ring (bicyclic) bond motifs is 1. The normalized spacial score (nSPS) is 20.1. The van der Waals surface area contributed by atoms with Crippen molar-refractivity contribution in [1.29, 1.82) is 0 Å². The summed E-state index contributed by atoms with van der Waals surface area (Å²) in [4.78, 5) is 15.0. The van der Waals surface area contributed by atoms with E-state index in [1.165, 1.54) is 6.42 Å². The number of anilines is 1. The third kappa shape index (κ3) is 2.38. The Kier molecular flexibility index (Phi) is 3.57. The minimum atomic E-state index is -0.432. The van der Waals surface area contributed by atoms with Crippen LogP contribution in [-0.2, 0) is 0 Å². The quantitative estimate of drug-likeness (QED) is 0.779. The predicted octanol–water partition coefficient (Wildman–Crippen LogP) is 3.00. The summed E-state index contributed by atoms with van der Waals surface area (Å²) in [6.45, 7) is 0. The molecule has 0 radical (unpaired) electrons. The molecule has 1 spiro atoms. The van der Waals surface area contributed by atoms with Crippen molar-refractivity contribution in [1.82, 2.24) is 4.98 Å². The van der Waals surface area contributed by atoms with E-state index in [4.69, 9.17) is 28.1 Å². The number of rotatable bonds is 1. The molecule has 0 atom stereocenters. The van der Waals surface area contributed by atoms with Crippen LogP contribution in [-0.4, -0.2) is 22.6 Å². The maximum atomic E-state index is 6.26. The minimum Gasteiger partial charge on any atom is -0.369 e. The molecular formula is C17H19ClN6. The van der Waals surface area contributed by atoms with Crippen LogP contribution in [0.2, 0.25) is 5.15 Å². The molecular weight excluding hydrogens is 324 g/mol. The monoisotopic (exact) mass is 342 g/mol. The number of guanidine groups is 2. The molecule has 7 heteroatoms. The van der Waals surface area contributed by atoms with Gasteiger partial charge in [-0.3, -0.25) is 4.90 Å². The number of halogens is 1. The van der Waals surface area contributed by atoms with Gasteiger partial charge in [0.05, 0.1) is 0 Å². The molecule has 1 aromatic carbocycles. The summed E-state index contributed by atoms with van der Waals surface area (Å²) < 4.78 is 0. The van der Waals surface area contributed by atoms with E-state index in [0.29, 0.717) is 11.1 Å². The molecule has 1 fully saturated rings. The van der Waals surface area contributed by atoms with Crippen molar-refractivity contribution in [2.75, 3.05) is 4.90 Å². The Bertz CT molecular complexity index is 853. The Morgan fingerprint density at radius 1 is 1.08 bits per heavy atom. The number of benzene rings is 1. The van der Waals surface area contributed by atoms with Gasteiger partial charge < -0.3 is 11.5 Å². The van der Waals surface area contributed by atoms with Crippen LogP contribution in [0.25, 0.3) is 10.8 Å². The highest BCUT2D eigenvalue weighted by atomic mass is 35.5. The van der Waals surface area contributed by atoms with E-state index in [2.05, 4.69) is 16.0 Å². The van der Waals surface area contributed by atoms with Crippen LogP contribution in [0.15, 0.2) is 40.4 Å². The molecule has 0 amide bonds. The van der Waals surface area contributed by atoms with Gasteiger partial charge in [-0.15, -0.1) is 0 Å². The van der Waals surface area contributed by atoms with Crippen LogP contribution in [0.5, 0.6) is 0 Å². The first-order valence-electron chi connectivity index (χ1n) is 8.13. The van der Waals surface area contributed by atoms with E-state index < -0.39 is 5.66 Å². The summed E-state index contributed by atoms with van der Waals surface area (Å²) >= 11 is 6.17. The summed E-state index contributed by atoms with van der Waals surface area (Å²) in [6, 6.07) is 7.95. The largest absolute Gasteiger partial charge is 0.369 e. The van der Waals surface area contributed by atoms with Gasteiger partial charge in [0.25, 0.3) is 0 Å². The molecule has 1 aromatic heterocycles. The molecule has 0 bridgehead atoms. The lowest BCUT2D eigenvalue weighted by molar-refractivity contribution is 0.305. The first-order chi connectivity index (χ1) is 11.6. The Morgan fingerprint density at radius 3 is 2.67 bits per heavy atom. The summed E-state index contributed by atoms with van der Waals surface area (Å²) in [5.41, 5.74) is 12.7. The molecule has 2 heterocycles. The van der Waals surface area contributed by atoms with Gasteiger partial charge >= 0.3 is 0 Å². The fraction of sp³-hybridized carbons (Fsp3) is 0.353. The number of hydrogen-bond donors (Lipinski definition) is 2. The lowest BCUT2D eigenvalue weighted by Crippen LogP contribution is -2.58. The second-order valence-corrected chi connectivity index (χ2v) is 6.68. The number of aromatic nitrogens is 1. The lowest BCUT2D eigenvalue weighted by atomic mass is 9.87. The number of nitrogens with zero attached hydrogens (tertiary/aromatic N) is 4. The lowest BCUT2D eigenvalue weighted by Gasteiger charge is -2.45. The zero-order chi connectivity index (χ0) is 16.7. The number of pyridine rings is 1. The highest BCUT2D eigenvalue weighted by Crippen LogP contribution is 2.40. The standard InChI is InChI=1S/C17H19ClN6/c18-14-13-5-4-12(10-11(13)6-9-21-14)24-16(20)22-15(19)23-17(24)7-2-1-3-8-17/h4-6,9-10H,1-3,7-8H2,(H4,19,20,22,23). The molecule has 1 aliphatic carbocycles. The van der Waals surface area contributed by atoms with Crippen molar-refractivity contribution < 1.29 is 0 Å². The molecule has 1 saturated carbocycles. The average molecular weight is 343 g/mol. The Labute approximate surface area is 145 Å². The van der Waals surface area contributed by atoms with Crippen LogP contribution in [0.4, 0.5) is 5.69 Å². The fourth-order valence-electron chi connectivity index (χ4n) is 3.76. The molecule has 6 nitrogen and oxygen atoms in total. The molecule has 1 aliphatic heterocycles. The highest BCUT2D eigenvalue weighted by Gasteiger charge is 2.42. The van der Waals surface area contributed by atoms with Crippen molar-refractivity contribution in [3.63, 3.8) is 0 Å². The molecule has 124 valence electrons. The molecule has 0 unspecified atom stereocenters. The number of nitrogens with two attached hydrogens (primary N) is 2. The van der Waals surface area contributed by atoms with Gasteiger partial charge in [-0.25, -0.2) is 9.98 Å². The third-order valence-corrected chi connectivity index (χ3v) is 5.11. The van der Waals surface area contributed by atoms with Gasteiger partial charge in [0.1, 0.15) is 10.8 Å². The Hall–Kier alpha value is -2.34. The summed E-state index contributed by atoms with van der Waals surface area (Å²) in [7, 11) is 0. The first kappa shape index (κ1) is 15.2. The second-order valence-electron chi connectivity index (χ2n) is 6.33. The van der Waals surface area contributed by atoms with Gasteiger partial charge in [0, 0.05) is 17.3 Å². The number of aliphatic imine (C=N–C) groups is 2. The van der Waals surface area contributed by atoms with Crippen LogP contribution >= 0.6 is 11.6 Å². The Balaban J connectivity index is 1.85. The second kappa shape index (κ2) is 5.63. The van der Waals surface area contributed by atoms with E-state index in [1.807, 2.05) is 23.1 Å². The van der Waals surface area contributed by atoms with Crippen LogP contribution in [0.1, 0.15) is 32.1 Å². The van der Waals surface area contributed by atoms with Gasteiger partial charge in [-0.2, -0.15) is 4.99 Å². The van der Waals surface area contributed by atoms with Crippen molar-refractivity contribution in [2.24, 2.45) is 21.5 Å². The van der Waals surface area contributed by atoms with Gasteiger partial charge in [-0.05, 0) is 55.3 Å². The highest BCUT2D eigenvalue weighted by molar-refractivity contribution is 6.34. The SMILES string of the molecule is NC1=NC2(CCCCC2)N(c2ccc3c(Cl)nccc3c2)C(N)=N1. The van der Waals surface area contributed by atoms with Crippen molar-refractivity contribution in [3.8, 4) is 0 Å². The maximum absolute atomic E-state index is 6.26. The zero-order valence-corrected chi connectivity index (χ0v) is 14.0. The van der Waals surface area contributed by atoms with Gasteiger partial charge in [-0.1, -0.05) is 18.0 Å². The topological polar surface area (TPSA) is 92.9 Å². The molecule has 2 aliphatic rings. The zero-order valence-electron chi connectivity index (χ0n) is 13.2. The third-order valence-electron chi connectivity index (χ3n) is 4.81.